The van der Waals surface area contributed by atoms with Crippen molar-refractivity contribution in [1.29, 1.82) is 0 Å². The average molecular weight is 318 g/mol. The highest BCUT2D eigenvalue weighted by Crippen LogP contribution is 2.30. The predicted octanol–water partition coefficient (Wildman–Crippen LogP) is 3.18. The largest absolute Gasteiger partial charge is 0.466 e. The summed E-state index contributed by atoms with van der Waals surface area (Å²) in [6.07, 6.45) is 0. The van der Waals surface area contributed by atoms with Gasteiger partial charge in [0, 0.05) is 10.6 Å². The second kappa shape index (κ2) is 5.10. The molecule has 5 nitrogen and oxygen atoms in total. The number of anilines is 1. The first kappa shape index (κ1) is 14.5. The maximum atomic E-state index is 12.6. The Hall–Kier alpha value is -2.40. The van der Waals surface area contributed by atoms with Crippen molar-refractivity contribution in [2.24, 2.45) is 5.92 Å². The van der Waals surface area contributed by atoms with Crippen LogP contribution in [0.2, 0.25) is 5.02 Å². The van der Waals surface area contributed by atoms with Gasteiger partial charge in [0.25, 0.3) is 0 Å². The maximum Gasteiger partial charge on any atom is 0.243 e. The number of furan rings is 1. The molecule has 112 valence electrons. The molecule has 0 spiro atoms. The van der Waals surface area contributed by atoms with E-state index < -0.39 is 23.4 Å². The molecule has 1 aliphatic rings. The van der Waals surface area contributed by atoms with Crippen LogP contribution in [0.5, 0.6) is 0 Å². The quantitative estimate of drug-likeness (QED) is 0.681. The van der Waals surface area contributed by atoms with E-state index in [1.807, 2.05) is 0 Å². The standard InChI is InChI=1S/C16H12ClNO4/c1-7-5-11(8(2)22-7)15(20)13-14(19)10-4-3-9(17)6-12(10)18-16(13)21/h3-6,13H,1-2H3,(H,18,21). The number of nitrogens with one attached hydrogen (secondary N) is 1. The molecule has 1 amide bonds. The molecule has 1 aliphatic heterocycles. The highest BCUT2D eigenvalue weighted by molar-refractivity contribution is 6.35. The lowest BCUT2D eigenvalue weighted by molar-refractivity contribution is -0.117. The lowest BCUT2D eigenvalue weighted by Gasteiger charge is -2.22. The number of aryl methyl sites for hydroxylation is 2. The number of ketones is 2. The van der Waals surface area contributed by atoms with Crippen LogP contribution in [0.4, 0.5) is 5.69 Å². The number of hydrogen-bond acceptors (Lipinski definition) is 4. The van der Waals surface area contributed by atoms with Crippen LogP contribution in [-0.4, -0.2) is 17.5 Å². The smallest absolute Gasteiger partial charge is 0.243 e. The monoisotopic (exact) mass is 317 g/mol. The van der Waals surface area contributed by atoms with Gasteiger partial charge >= 0.3 is 0 Å². The van der Waals surface area contributed by atoms with Gasteiger partial charge in [0.1, 0.15) is 11.5 Å². The van der Waals surface area contributed by atoms with Crippen molar-refractivity contribution in [3.8, 4) is 0 Å². The number of benzene rings is 1. The van der Waals surface area contributed by atoms with E-state index >= 15 is 0 Å². The molecule has 3 rings (SSSR count). The van der Waals surface area contributed by atoms with E-state index in [0.717, 1.165) is 0 Å². The van der Waals surface area contributed by atoms with Crippen molar-refractivity contribution < 1.29 is 18.8 Å². The Morgan fingerprint density at radius 1 is 1.23 bits per heavy atom. The minimum atomic E-state index is -1.40. The average Bonchev–Trinajstić information content (AvgIpc) is 2.77. The Bertz CT molecular complexity index is 822. The van der Waals surface area contributed by atoms with E-state index in [1.54, 1.807) is 19.9 Å². The number of carbonyl (C=O) groups excluding carboxylic acids is 3. The molecule has 0 saturated carbocycles. The summed E-state index contributed by atoms with van der Waals surface area (Å²) in [4.78, 5) is 37.3. The van der Waals surface area contributed by atoms with Crippen LogP contribution in [0.25, 0.3) is 0 Å². The van der Waals surface area contributed by atoms with E-state index in [4.69, 9.17) is 16.0 Å². The normalized spacial score (nSPS) is 17.1. The zero-order chi connectivity index (χ0) is 16.0. The van der Waals surface area contributed by atoms with E-state index in [9.17, 15) is 14.4 Å². The summed E-state index contributed by atoms with van der Waals surface area (Å²) in [6.45, 7) is 3.32. The third-order valence-electron chi connectivity index (χ3n) is 3.60. The zero-order valence-corrected chi connectivity index (χ0v) is 12.7. The van der Waals surface area contributed by atoms with Crippen LogP contribution in [-0.2, 0) is 4.79 Å². The van der Waals surface area contributed by atoms with Gasteiger partial charge in [-0.15, -0.1) is 0 Å². The van der Waals surface area contributed by atoms with Crippen molar-refractivity contribution in [2.75, 3.05) is 5.32 Å². The van der Waals surface area contributed by atoms with E-state index in [0.29, 0.717) is 22.2 Å². The number of fused-ring (bicyclic) bond motifs is 1. The molecule has 0 radical (unpaired) electrons. The summed E-state index contributed by atoms with van der Waals surface area (Å²) >= 11 is 5.85. The fourth-order valence-corrected chi connectivity index (χ4v) is 2.76. The van der Waals surface area contributed by atoms with Crippen LogP contribution in [0.15, 0.2) is 28.7 Å². The van der Waals surface area contributed by atoms with E-state index in [-0.39, 0.29) is 11.1 Å². The Balaban J connectivity index is 2.03. The molecule has 1 unspecified atom stereocenters. The summed E-state index contributed by atoms with van der Waals surface area (Å²) in [6, 6.07) is 6.08. The first-order valence-corrected chi connectivity index (χ1v) is 7.02. The third-order valence-corrected chi connectivity index (χ3v) is 3.83. The van der Waals surface area contributed by atoms with Gasteiger partial charge in [-0.2, -0.15) is 0 Å². The first-order valence-electron chi connectivity index (χ1n) is 6.64. The van der Waals surface area contributed by atoms with Crippen LogP contribution in [0, 0.1) is 19.8 Å². The molecular formula is C16H12ClNO4. The summed E-state index contributed by atoms with van der Waals surface area (Å²) in [7, 11) is 0. The Kier molecular flexibility index (Phi) is 3.37. The minimum absolute atomic E-state index is 0.253. The van der Waals surface area contributed by atoms with Gasteiger partial charge in [0.05, 0.1) is 11.3 Å². The number of carbonyl (C=O) groups is 3. The summed E-state index contributed by atoms with van der Waals surface area (Å²) in [5, 5.41) is 2.96. The number of halogens is 1. The van der Waals surface area contributed by atoms with Crippen LogP contribution in [0.3, 0.4) is 0 Å². The van der Waals surface area contributed by atoms with Gasteiger partial charge in [0.2, 0.25) is 5.91 Å². The van der Waals surface area contributed by atoms with Crippen LogP contribution >= 0.6 is 11.6 Å². The molecule has 2 aromatic rings. The molecule has 0 saturated heterocycles. The lowest BCUT2D eigenvalue weighted by atomic mass is 9.86. The fourth-order valence-electron chi connectivity index (χ4n) is 2.58. The van der Waals surface area contributed by atoms with Crippen LogP contribution in [0.1, 0.15) is 32.2 Å². The van der Waals surface area contributed by atoms with Gasteiger partial charge < -0.3 is 9.73 Å². The lowest BCUT2D eigenvalue weighted by Crippen LogP contribution is -2.40. The van der Waals surface area contributed by atoms with Gasteiger partial charge in [-0.25, -0.2) is 0 Å². The third kappa shape index (κ3) is 2.23. The molecule has 0 bridgehead atoms. The molecule has 6 heteroatoms. The van der Waals surface area contributed by atoms with E-state index in [1.165, 1.54) is 18.2 Å². The molecule has 1 N–H and O–H groups in total. The Morgan fingerprint density at radius 3 is 2.59 bits per heavy atom. The summed E-state index contributed by atoms with van der Waals surface area (Å²) < 4.78 is 5.30. The Morgan fingerprint density at radius 2 is 1.95 bits per heavy atom. The molecule has 1 aromatic heterocycles. The molecule has 22 heavy (non-hydrogen) atoms. The first-order chi connectivity index (χ1) is 10.4. The van der Waals surface area contributed by atoms with Crippen LogP contribution < -0.4 is 5.32 Å². The maximum absolute atomic E-state index is 12.6. The fraction of sp³-hybridized carbons (Fsp3) is 0.188. The molecular weight excluding hydrogens is 306 g/mol. The molecule has 2 heterocycles. The van der Waals surface area contributed by atoms with Gasteiger partial charge in [-0.1, -0.05) is 11.6 Å². The SMILES string of the molecule is Cc1cc(C(=O)C2C(=O)Nc3cc(Cl)ccc3C2=O)c(C)o1. The van der Waals surface area contributed by atoms with Gasteiger partial charge in [0.15, 0.2) is 17.5 Å². The molecule has 0 fully saturated rings. The van der Waals surface area contributed by atoms with Crippen molar-refractivity contribution in [3.05, 3.63) is 51.9 Å². The number of hydrogen-bond donors (Lipinski definition) is 1. The molecule has 1 atom stereocenters. The van der Waals surface area contributed by atoms with Crippen molar-refractivity contribution in [2.45, 2.75) is 13.8 Å². The number of amides is 1. The highest BCUT2D eigenvalue weighted by atomic mass is 35.5. The summed E-state index contributed by atoms with van der Waals surface area (Å²) in [5.41, 5.74) is 0.857. The molecule has 0 aliphatic carbocycles. The van der Waals surface area contributed by atoms with Gasteiger partial charge in [-0.3, -0.25) is 14.4 Å². The number of Topliss-reactive ketones (excluding diaryl/α,β-unsaturated/α-hetero) is 2. The van der Waals surface area contributed by atoms with Gasteiger partial charge in [-0.05, 0) is 38.1 Å². The second-order valence-corrected chi connectivity index (χ2v) is 5.60. The second-order valence-electron chi connectivity index (χ2n) is 5.17. The summed E-state index contributed by atoms with van der Waals surface area (Å²) in [5.74, 6) is -2.19. The minimum Gasteiger partial charge on any atom is -0.466 e. The zero-order valence-electron chi connectivity index (χ0n) is 11.9. The predicted molar refractivity (Wildman–Crippen MR) is 80.4 cm³/mol. The van der Waals surface area contributed by atoms with E-state index in [2.05, 4.69) is 5.32 Å². The topological polar surface area (TPSA) is 76.4 Å². The van der Waals surface area contributed by atoms with Crippen molar-refractivity contribution in [1.82, 2.24) is 0 Å². The van der Waals surface area contributed by atoms with Crippen molar-refractivity contribution in [3.63, 3.8) is 0 Å². The van der Waals surface area contributed by atoms with Crippen molar-refractivity contribution >= 4 is 34.8 Å². The molecule has 1 aromatic carbocycles. The number of rotatable bonds is 2. The Labute approximate surface area is 131 Å². The highest BCUT2D eigenvalue weighted by Gasteiger charge is 2.41.